The minimum Gasteiger partial charge on any atom is -0.394 e. The first-order chi connectivity index (χ1) is 11.4. The van der Waals surface area contributed by atoms with E-state index in [0.29, 0.717) is 11.6 Å². The number of carbonyl (C=O) groups is 1. The number of amides is 2. The summed E-state index contributed by atoms with van der Waals surface area (Å²) in [7, 11) is 0. The fourth-order valence-corrected chi connectivity index (χ4v) is 2.73. The molecule has 0 spiro atoms. The normalized spacial score (nSPS) is 12.2. The highest BCUT2D eigenvalue weighted by Gasteiger charge is 2.15. The summed E-state index contributed by atoms with van der Waals surface area (Å²) in [5.41, 5.74) is 3.39. The minimum atomic E-state index is -0.330. The molecule has 0 bridgehead atoms. The molecular weight excluding hydrogens is 304 g/mol. The summed E-state index contributed by atoms with van der Waals surface area (Å²) in [4.78, 5) is 12.3. The molecule has 2 rings (SSSR count). The van der Waals surface area contributed by atoms with Crippen LogP contribution < -0.4 is 10.6 Å². The van der Waals surface area contributed by atoms with Crippen molar-refractivity contribution in [2.75, 3.05) is 11.9 Å². The second-order valence-corrected chi connectivity index (χ2v) is 6.46. The van der Waals surface area contributed by atoms with E-state index in [4.69, 9.17) is 0 Å². The smallest absolute Gasteiger partial charge is 0.319 e. The van der Waals surface area contributed by atoms with E-state index in [1.54, 1.807) is 0 Å². The van der Waals surface area contributed by atoms with Gasteiger partial charge in [0.2, 0.25) is 0 Å². The van der Waals surface area contributed by atoms with E-state index in [-0.39, 0.29) is 18.7 Å². The van der Waals surface area contributed by atoms with E-state index in [0.717, 1.165) is 23.5 Å². The molecule has 2 aromatic rings. The maximum Gasteiger partial charge on any atom is 0.319 e. The molecule has 0 saturated heterocycles. The molecule has 1 heterocycles. The first kappa shape index (κ1) is 18.0. The van der Waals surface area contributed by atoms with Gasteiger partial charge in [-0.2, -0.15) is 5.10 Å². The quantitative estimate of drug-likeness (QED) is 0.762. The van der Waals surface area contributed by atoms with Gasteiger partial charge in [0.15, 0.2) is 0 Å². The molecule has 1 atom stereocenters. The number of urea groups is 1. The van der Waals surface area contributed by atoms with Crippen molar-refractivity contribution in [3.63, 3.8) is 0 Å². The Morgan fingerprint density at radius 2 is 2.00 bits per heavy atom. The molecule has 24 heavy (non-hydrogen) atoms. The van der Waals surface area contributed by atoms with Crippen molar-refractivity contribution < 1.29 is 9.90 Å². The lowest BCUT2D eigenvalue weighted by Gasteiger charge is -2.19. The SMILES string of the molecule is Cc1cc(C)n(-c2ccccc2NC(=O)NC(CO)CC(C)C)n1. The van der Waals surface area contributed by atoms with Crippen LogP contribution in [0.4, 0.5) is 10.5 Å². The van der Waals surface area contributed by atoms with Crippen molar-refractivity contribution in [2.45, 2.75) is 40.2 Å². The van der Waals surface area contributed by atoms with Crippen LogP contribution in [0.3, 0.4) is 0 Å². The number of rotatable bonds is 6. The number of nitrogens with one attached hydrogen (secondary N) is 2. The highest BCUT2D eigenvalue weighted by molar-refractivity contribution is 5.91. The molecule has 6 heteroatoms. The fourth-order valence-electron chi connectivity index (χ4n) is 2.73. The Bertz CT molecular complexity index is 694. The zero-order valence-electron chi connectivity index (χ0n) is 14.7. The molecule has 0 fully saturated rings. The second kappa shape index (κ2) is 7.97. The number of hydrogen-bond donors (Lipinski definition) is 3. The Balaban J connectivity index is 2.16. The maximum absolute atomic E-state index is 12.3. The van der Waals surface area contributed by atoms with Crippen molar-refractivity contribution in [3.05, 3.63) is 41.7 Å². The summed E-state index contributed by atoms with van der Waals surface area (Å²) in [5.74, 6) is 0.393. The van der Waals surface area contributed by atoms with Gasteiger partial charge < -0.3 is 15.7 Å². The molecule has 0 aliphatic rings. The molecule has 130 valence electrons. The second-order valence-electron chi connectivity index (χ2n) is 6.46. The summed E-state index contributed by atoms with van der Waals surface area (Å²) < 4.78 is 1.81. The average molecular weight is 330 g/mol. The predicted molar refractivity (Wildman–Crippen MR) is 95.5 cm³/mol. The van der Waals surface area contributed by atoms with Crippen molar-refractivity contribution in [1.29, 1.82) is 0 Å². The first-order valence-corrected chi connectivity index (χ1v) is 8.21. The van der Waals surface area contributed by atoms with E-state index < -0.39 is 0 Å². The van der Waals surface area contributed by atoms with Crippen LogP contribution in [-0.4, -0.2) is 33.6 Å². The van der Waals surface area contributed by atoms with E-state index in [9.17, 15) is 9.90 Å². The number of nitrogens with zero attached hydrogens (tertiary/aromatic N) is 2. The van der Waals surface area contributed by atoms with Gasteiger partial charge in [0.05, 0.1) is 29.7 Å². The highest BCUT2D eigenvalue weighted by Crippen LogP contribution is 2.21. The van der Waals surface area contributed by atoms with Gasteiger partial charge in [-0.1, -0.05) is 26.0 Å². The summed E-state index contributed by atoms with van der Waals surface area (Å²) in [5, 5.41) is 19.6. The number of aromatic nitrogens is 2. The molecule has 0 aliphatic carbocycles. The molecule has 1 unspecified atom stereocenters. The molecule has 1 aromatic heterocycles. The molecule has 6 nitrogen and oxygen atoms in total. The van der Waals surface area contributed by atoms with E-state index in [1.165, 1.54) is 0 Å². The number of benzene rings is 1. The number of para-hydroxylation sites is 2. The summed E-state index contributed by atoms with van der Waals surface area (Å²) in [6, 6.07) is 8.91. The summed E-state index contributed by atoms with van der Waals surface area (Å²) >= 11 is 0. The first-order valence-electron chi connectivity index (χ1n) is 8.21. The van der Waals surface area contributed by atoms with Gasteiger partial charge in [0.1, 0.15) is 0 Å². The number of anilines is 1. The lowest BCUT2D eigenvalue weighted by atomic mass is 10.0. The molecule has 3 N–H and O–H groups in total. The third-order valence-corrected chi connectivity index (χ3v) is 3.70. The third-order valence-electron chi connectivity index (χ3n) is 3.70. The topological polar surface area (TPSA) is 79.2 Å². The maximum atomic E-state index is 12.3. The number of hydrogen-bond acceptors (Lipinski definition) is 3. The van der Waals surface area contributed by atoms with Crippen LogP contribution in [0, 0.1) is 19.8 Å². The molecule has 1 aromatic carbocycles. The van der Waals surface area contributed by atoms with E-state index in [1.807, 2.05) is 48.9 Å². The van der Waals surface area contributed by atoms with Gasteiger partial charge in [-0.05, 0) is 44.4 Å². The zero-order valence-corrected chi connectivity index (χ0v) is 14.7. The van der Waals surface area contributed by atoms with Crippen LogP contribution in [0.5, 0.6) is 0 Å². The third kappa shape index (κ3) is 4.58. The minimum absolute atomic E-state index is 0.0787. The van der Waals surface area contributed by atoms with Crippen LogP contribution in [0.2, 0.25) is 0 Å². The van der Waals surface area contributed by atoms with Gasteiger partial charge in [-0.15, -0.1) is 0 Å². The van der Waals surface area contributed by atoms with Gasteiger partial charge in [0.25, 0.3) is 0 Å². The zero-order chi connectivity index (χ0) is 17.7. The Morgan fingerprint density at radius 1 is 1.29 bits per heavy atom. The van der Waals surface area contributed by atoms with Crippen LogP contribution in [0.15, 0.2) is 30.3 Å². The average Bonchev–Trinajstić information content (AvgIpc) is 2.85. The summed E-state index contributed by atoms with van der Waals surface area (Å²) in [6.07, 6.45) is 0.725. The van der Waals surface area contributed by atoms with Crippen LogP contribution in [0.25, 0.3) is 5.69 Å². The largest absolute Gasteiger partial charge is 0.394 e. The Hall–Kier alpha value is -2.34. The molecule has 0 aliphatic heterocycles. The predicted octanol–water partition coefficient (Wildman–Crippen LogP) is 3.02. The van der Waals surface area contributed by atoms with Crippen molar-refractivity contribution in [1.82, 2.24) is 15.1 Å². The number of carbonyl (C=O) groups excluding carboxylic acids is 1. The van der Waals surface area contributed by atoms with Gasteiger partial charge in [-0.3, -0.25) is 0 Å². The van der Waals surface area contributed by atoms with Crippen molar-refractivity contribution in [3.8, 4) is 5.69 Å². The Labute approximate surface area is 142 Å². The van der Waals surface area contributed by atoms with Crippen LogP contribution >= 0.6 is 0 Å². The Morgan fingerprint density at radius 3 is 2.58 bits per heavy atom. The van der Waals surface area contributed by atoms with Gasteiger partial charge in [0, 0.05) is 5.69 Å². The van der Waals surface area contributed by atoms with Crippen LogP contribution in [0.1, 0.15) is 31.7 Å². The van der Waals surface area contributed by atoms with Crippen LogP contribution in [-0.2, 0) is 0 Å². The van der Waals surface area contributed by atoms with E-state index in [2.05, 4.69) is 29.6 Å². The summed E-state index contributed by atoms with van der Waals surface area (Å²) in [6.45, 7) is 7.94. The fraction of sp³-hybridized carbons (Fsp3) is 0.444. The lowest BCUT2D eigenvalue weighted by Crippen LogP contribution is -2.41. The number of aryl methyl sites for hydroxylation is 2. The Kier molecular flexibility index (Phi) is 5.98. The van der Waals surface area contributed by atoms with Gasteiger partial charge >= 0.3 is 6.03 Å². The number of aliphatic hydroxyl groups excluding tert-OH is 1. The number of aliphatic hydroxyl groups is 1. The van der Waals surface area contributed by atoms with Crippen molar-refractivity contribution >= 4 is 11.7 Å². The van der Waals surface area contributed by atoms with Gasteiger partial charge in [-0.25, -0.2) is 9.48 Å². The monoisotopic (exact) mass is 330 g/mol. The molecular formula is C18H26N4O2. The molecule has 0 radical (unpaired) electrons. The van der Waals surface area contributed by atoms with E-state index >= 15 is 0 Å². The highest BCUT2D eigenvalue weighted by atomic mass is 16.3. The molecule has 2 amide bonds. The standard InChI is InChI=1S/C18H26N4O2/c1-12(2)9-15(11-23)19-18(24)20-16-7-5-6-8-17(16)22-14(4)10-13(3)21-22/h5-8,10,12,15,23H,9,11H2,1-4H3,(H2,19,20,24). The van der Waals surface area contributed by atoms with Crippen molar-refractivity contribution in [2.24, 2.45) is 5.92 Å². The lowest BCUT2D eigenvalue weighted by molar-refractivity contribution is 0.214. The molecule has 0 saturated carbocycles.